The summed E-state index contributed by atoms with van der Waals surface area (Å²) in [6.07, 6.45) is 0. The molecule has 0 amide bonds. The Morgan fingerprint density at radius 1 is 0.952 bits per heavy atom. The number of hydrogen-bond acceptors (Lipinski definition) is 3. The zero-order valence-electron chi connectivity index (χ0n) is 11.7. The normalized spacial score (nSPS) is 13.0. The Balaban J connectivity index is 1.89. The molecular weight excluding hydrogens is 294 g/mol. The van der Waals surface area contributed by atoms with Crippen molar-refractivity contribution >= 4 is 42.8 Å². The average molecular weight is 309 g/mol. The van der Waals surface area contributed by atoms with E-state index in [-0.39, 0.29) is 6.04 Å². The minimum atomic E-state index is 0.254. The molecule has 0 radical (unpaired) electrons. The zero-order valence-corrected chi connectivity index (χ0v) is 13.3. The van der Waals surface area contributed by atoms with E-state index in [1.807, 2.05) is 29.7 Å². The molecule has 4 rings (SSSR count). The molecule has 2 aromatic heterocycles. The van der Waals surface area contributed by atoms with E-state index in [0.29, 0.717) is 0 Å². The Morgan fingerprint density at radius 3 is 2.67 bits per heavy atom. The highest BCUT2D eigenvalue weighted by Gasteiger charge is 2.17. The van der Waals surface area contributed by atoms with Gasteiger partial charge in [-0.2, -0.15) is 0 Å². The van der Waals surface area contributed by atoms with Crippen LogP contribution in [0.15, 0.2) is 60.0 Å². The number of benzene rings is 2. The molecule has 0 aliphatic carbocycles. The molecule has 4 aromatic rings. The number of rotatable bonds is 3. The standard InChI is InChI=1S/C18H15NS2/c1-19-17(14-7-4-6-12-9-10-20-18(12)14)16-11-13-5-2-3-8-15(13)21-16/h2-11,17,19H,1H3. The van der Waals surface area contributed by atoms with Crippen molar-refractivity contribution in [2.75, 3.05) is 7.05 Å². The molecule has 0 aliphatic heterocycles. The lowest BCUT2D eigenvalue weighted by molar-refractivity contribution is 0.710. The van der Waals surface area contributed by atoms with Gasteiger partial charge in [0.2, 0.25) is 0 Å². The maximum Gasteiger partial charge on any atom is 0.0683 e. The van der Waals surface area contributed by atoms with Gasteiger partial charge >= 0.3 is 0 Å². The summed E-state index contributed by atoms with van der Waals surface area (Å²) in [6, 6.07) is 19.9. The van der Waals surface area contributed by atoms with Crippen LogP contribution in [0.25, 0.3) is 20.2 Å². The van der Waals surface area contributed by atoms with Gasteiger partial charge in [-0.3, -0.25) is 0 Å². The lowest BCUT2D eigenvalue weighted by atomic mass is 10.0. The monoisotopic (exact) mass is 309 g/mol. The van der Waals surface area contributed by atoms with Crippen molar-refractivity contribution in [2.24, 2.45) is 0 Å². The molecule has 0 fully saturated rings. The van der Waals surface area contributed by atoms with E-state index in [1.54, 1.807) is 0 Å². The summed E-state index contributed by atoms with van der Waals surface area (Å²) >= 11 is 3.70. The van der Waals surface area contributed by atoms with Crippen LogP contribution in [-0.4, -0.2) is 7.05 Å². The summed E-state index contributed by atoms with van der Waals surface area (Å²) in [5.41, 5.74) is 1.37. The number of nitrogens with one attached hydrogen (secondary N) is 1. The molecule has 2 aromatic carbocycles. The summed E-state index contributed by atoms with van der Waals surface area (Å²) in [5.74, 6) is 0. The summed E-state index contributed by atoms with van der Waals surface area (Å²) in [4.78, 5) is 1.37. The topological polar surface area (TPSA) is 12.0 Å². The molecule has 1 atom stereocenters. The summed E-state index contributed by atoms with van der Waals surface area (Å²) in [5, 5.41) is 8.33. The van der Waals surface area contributed by atoms with Crippen LogP contribution in [0.3, 0.4) is 0 Å². The molecule has 3 heteroatoms. The van der Waals surface area contributed by atoms with Crippen molar-refractivity contribution in [3.8, 4) is 0 Å². The molecule has 1 nitrogen and oxygen atoms in total. The van der Waals surface area contributed by atoms with Gasteiger partial charge in [0.15, 0.2) is 0 Å². The smallest absolute Gasteiger partial charge is 0.0683 e. The van der Waals surface area contributed by atoms with Crippen LogP contribution in [0, 0.1) is 0 Å². The van der Waals surface area contributed by atoms with Gasteiger partial charge in [-0.25, -0.2) is 0 Å². The van der Waals surface area contributed by atoms with Gasteiger partial charge in [0.05, 0.1) is 6.04 Å². The Morgan fingerprint density at radius 2 is 1.81 bits per heavy atom. The molecule has 0 spiro atoms. The van der Waals surface area contributed by atoms with Crippen LogP contribution < -0.4 is 5.32 Å². The molecule has 0 saturated carbocycles. The van der Waals surface area contributed by atoms with E-state index in [0.717, 1.165) is 0 Å². The maximum absolute atomic E-state index is 3.49. The largest absolute Gasteiger partial charge is 0.309 e. The van der Waals surface area contributed by atoms with Crippen molar-refractivity contribution in [3.05, 3.63) is 70.4 Å². The van der Waals surface area contributed by atoms with Gasteiger partial charge in [-0.1, -0.05) is 36.4 Å². The summed E-state index contributed by atoms with van der Waals surface area (Å²) < 4.78 is 2.74. The Bertz CT molecular complexity index is 871. The van der Waals surface area contributed by atoms with E-state index >= 15 is 0 Å². The molecule has 0 saturated heterocycles. The SMILES string of the molecule is CNC(c1cc2ccccc2s1)c1cccc2ccsc12. The first-order valence-electron chi connectivity index (χ1n) is 6.98. The van der Waals surface area contributed by atoms with Crippen LogP contribution in [0.2, 0.25) is 0 Å². The van der Waals surface area contributed by atoms with E-state index in [2.05, 4.69) is 65.3 Å². The molecule has 0 aliphatic rings. The van der Waals surface area contributed by atoms with Crippen LogP contribution in [-0.2, 0) is 0 Å². The predicted molar refractivity (Wildman–Crippen MR) is 94.6 cm³/mol. The van der Waals surface area contributed by atoms with Crippen molar-refractivity contribution < 1.29 is 0 Å². The van der Waals surface area contributed by atoms with Gasteiger partial charge in [0.25, 0.3) is 0 Å². The van der Waals surface area contributed by atoms with Crippen molar-refractivity contribution in [3.63, 3.8) is 0 Å². The molecule has 2 heterocycles. The minimum Gasteiger partial charge on any atom is -0.309 e. The van der Waals surface area contributed by atoms with Crippen molar-refractivity contribution in [2.45, 2.75) is 6.04 Å². The molecule has 1 N–H and O–H groups in total. The molecule has 1 unspecified atom stereocenters. The Kier molecular flexibility index (Phi) is 3.26. The number of fused-ring (bicyclic) bond motifs is 2. The first-order chi connectivity index (χ1) is 10.4. The summed E-state index contributed by atoms with van der Waals surface area (Å²) in [7, 11) is 2.04. The van der Waals surface area contributed by atoms with Gasteiger partial charge in [-0.05, 0) is 47.0 Å². The second kappa shape index (κ2) is 5.26. The lowest BCUT2D eigenvalue weighted by Crippen LogP contribution is -2.16. The second-order valence-corrected chi connectivity index (χ2v) is 7.13. The van der Waals surface area contributed by atoms with Crippen LogP contribution in [0.4, 0.5) is 0 Å². The number of thiophene rings is 2. The van der Waals surface area contributed by atoms with E-state index < -0.39 is 0 Å². The minimum absolute atomic E-state index is 0.254. The third kappa shape index (κ3) is 2.18. The predicted octanol–water partition coefficient (Wildman–Crippen LogP) is 5.42. The molecule has 0 bridgehead atoms. The van der Waals surface area contributed by atoms with E-state index in [1.165, 1.54) is 30.6 Å². The van der Waals surface area contributed by atoms with Crippen LogP contribution in [0.1, 0.15) is 16.5 Å². The fourth-order valence-corrected chi connectivity index (χ4v) is 4.98. The average Bonchev–Trinajstić information content (AvgIpc) is 3.14. The lowest BCUT2D eigenvalue weighted by Gasteiger charge is -2.16. The number of hydrogen-bond donors (Lipinski definition) is 1. The second-order valence-electron chi connectivity index (χ2n) is 5.09. The van der Waals surface area contributed by atoms with Crippen molar-refractivity contribution in [1.29, 1.82) is 0 Å². The maximum atomic E-state index is 3.49. The first kappa shape index (κ1) is 13.0. The summed E-state index contributed by atoms with van der Waals surface area (Å²) in [6.45, 7) is 0. The molecular formula is C18H15NS2. The third-order valence-corrected chi connectivity index (χ3v) is 6.00. The highest BCUT2D eigenvalue weighted by Crippen LogP contribution is 2.37. The van der Waals surface area contributed by atoms with Gasteiger partial charge in [-0.15, -0.1) is 22.7 Å². The van der Waals surface area contributed by atoms with Gasteiger partial charge < -0.3 is 5.32 Å². The third-order valence-electron chi connectivity index (χ3n) is 3.84. The van der Waals surface area contributed by atoms with Crippen molar-refractivity contribution in [1.82, 2.24) is 5.32 Å². The Labute approximate surface area is 131 Å². The fraction of sp³-hybridized carbons (Fsp3) is 0.111. The van der Waals surface area contributed by atoms with Crippen LogP contribution >= 0.6 is 22.7 Å². The van der Waals surface area contributed by atoms with E-state index in [4.69, 9.17) is 0 Å². The Hall–Kier alpha value is -1.68. The van der Waals surface area contributed by atoms with Gasteiger partial charge in [0, 0.05) is 14.3 Å². The molecule has 21 heavy (non-hydrogen) atoms. The quantitative estimate of drug-likeness (QED) is 0.532. The van der Waals surface area contributed by atoms with Crippen LogP contribution in [0.5, 0.6) is 0 Å². The van der Waals surface area contributed by atoms with Gasteiger partial charge in [0.1, 0.15) is 0 Å². The van der Waals surface area contributed by atoms with E-state index in [9.17, 15) is 0 Å². The fourth-order valence-electron chi connectivity index (χ4n) is 2.84. The highest BCUT2D eigenvalue weighted by molar-refractivity contribution is 7.19. The first-order valence-corrected chi connectivity index (χ1v) is 8.68. The highest BCUT2D eigenvalue weighted by atomic mass is 32.1. The zero-order chi connectivity index (χ0) is 14.2. The molecule has 104 valence electrons.